The zero-order chi connectivity index (χ0) is 67.8. The maximum absolute atomic E-state index is 14.8. The number of aromatic hydroxyl groups is 2. The molecule has 1 saturated carbocycles. The highest BCUT2D eigenvalue weighted by Crippen LogP contribution is 2.40. The molecule has 0 aromatic heterocycles. The van der Waals surface area contributed by atoms with Crippen molar-refractivity contribution in [2.24, 2.45) is 29.6 Å². The molecule has 3 fully saturated rings. The van der Waals surface area contributed by atoms with Crippen LogP contribution in [0.2, 0.25) is 0 Å². The quantitative estimate of drug-likeness (QED) is 0.0228. The van der Waals surface area contributed by atoms with Gasteiger partial charge in [-0.3, -0.25) is 29.3 Å². The normalized spacial score (nSPS) is 29.6. The molecule has 6 N–H and O–H groups in total. The first-order chi connectivity index (χ1) is 44.3. The van der Waals surface area contributed by atoms with E-state index in [-0.39, 0.29) is 78.5 Å². The van der Waals surface area contributed by atoms with Crippen LogP contribution in [0.4, 0.5) is 10.5 Å². The molecular formula is C71H92N2O20. The van der Waals surface area contributed by atoms with Crippen LogP contribution in [-0.4, -0.2) is 175 Å². The smallest absolute Gasteiger partial charge is 0.411 e. The summed E-state index contributed by atoms with van der Waals surface area (Å²) in [4.78, 5) is 101. The molecule has 7 rings (SSSR count). The number of aliphatic hydroxyl groups excluding tert-OH is 2. The van der Waals surface area contributed by atoms with E-state index in [0.717, 1.165) is 10.5 Å². The predicted octanol–water partition coefficient (Wildman–Crippen LogP) is 8.78. The monoisotopic (exact) mass is 1290 g/mol. The number of hydrogen-bond donors (Lipinski definition) is 6. The number of carbonyl (C=O) groups excluding carboxylic acids is 7. The predicted molar refractivity (Wildman–Crippen MR) is 344 cm³/mol. The number of carbonyl (C=O) groups is 7. The second-order valence-electron chi connectivity index (χ2n) is 25.2. The molecule has 4 aliphatic rings. The number of phenolic OH excluding ortho intramolecular Hbond substituents is 2. The summed E-state index contributed by atoms with van der Waals surface area (Å²) in [5.74, 6) is -11.6. The van der Waals surface area contributed by atoms with E-state index < -0.39 is 126 Å². The molecule has 93 heavy (non-hydrogen) atoms. The average Bonchev–Trinajstić information content (AvgIpc) is 0.798. The van der Waals surface area contributed by atoms with Gasteiger partial charge in [-0.15, -0.1) is 0 Å². The van der Waals surface area contributed by atoms with Gasteiger partial charge in [-0.2, -0.15) is 0 Å². The zero-order valence-corrected chi connectivity index (χ0v) is 54.8. The van der Waals surface area contributed by atoms with Gasteiger partial charge in [-0.1, -0.05) is 74.9 Å². The molecule has 1 aliphatic carbocycles. The standard InChI is InChI=1S/C71H92N2O20/c1-40-31-41(2)33-62(89-9)66-63(90-10)35-43(4)71(85,93-66)67(81)68(82)73-29-12-11-13-51(73)69(83)92-65(42(3)34-47-18-25-54(76)61(38-47)88-8)44(5)57(79)39-58(80)49(32-40)28-30-91-70(84)72-50-21-19-48(20-22-50)64(55(77)26-16-45-14-23-52(74)59(36-45)86-6)56(78)27-17-46-15-24-53(75)60(37-46)87-7/h14-17,19-24,26-27,32,34,36-37,41,43-44,47,49,51,54,57,61-66,74-76,79,85H,11-13,18,25,28-31,33,35,38-39H2,1-10H3,(H,72,84)/b26-16+,27-17+,40-32+,42-34+/t41-,43+,44+,47-,49+,51-,54+,57?,61+,62-,63-,65?,66+,71+/m0/s1. The Hall–Kier alpha value is -7.57. The van der Waals surface area contributed by atoms with Gasteiger partial charge < -0.3 is 68.3 Å². The Kier molecular flexibility index (Phi) is 26.2. The largest absolute Gasteiger partial charge is 0.504 e. The van der Waals surface area contributed by atoms with Crippen molar-refractivity contribution in [1.29, 1.82) is 0 Å². The molecule has 0 radical (unpaired) electrons. The summed E-state index contributed by atoms with van der Waals surface area (Å²) in [5, 5.41) is 58.0. The summed E-state index contributed by atoms with van der Waals surface area (Å²) in [6, 6.07) is 13.8. The van der Waals surface area contributed by atoms with E-state index in [1.54, 1.807) is 39.0 Å². The van der Waals surface area contributed by atoms with E-state index in [1.165, 1.54) is 108 Å². The van der Waals surface area contributed by atoms with Crippen LogP contribution in [0.25, 0.3) is 12.2 Å². The minimum atomic E-state index is -2.62. The highest BCUT2D eigenvalue weighted by atomic mass is 16.7. The number of anilines is 1. The number of methoxy groups -OCH3 is 5. The Labute approximate surface area is 543 Å². The third-order valence-electron chi connectivity index (χ3n) is 18.5. The van der Waals surface area contributed by atoms with E-state index in [9.17, 15) is 59.1 Å². The fourth-order valence-corrected chi connectivity index (χ4v) is 13.1. The lowest BCUT2D eigenvalue weighted by Crippen LogP contribution is -2.64. The molecule has 2 amide bonds. The van der Waals surface area contributed by atoms with Crippen LogP contribution < -0.4 is 14.8 Å². The number of nitrogens with one attached hydrogen (secondary N) is 1. The van der Waals surface area contributed by atoms with Crippen molar-refractivity contribution in [3.05, 3.63) is 113 Å². The number of ketones is 4. The average molecular weight is 1290 g/mol. The summed E-state index contributed by atoms with van der Waals surface area (Å²) in [7, 11) is 7.25. The first-order valence-corrected chi connectivity index (χ1v) is 31.8. The molecule has 0 spiro atoms. The molecule has 22 heteroatoms. The number of fused-ring (bicyclic) bond motifs is 3. The van der Waals surface area contributed by atoms with Crippen molar-refractivity contribution < 1.29 is 97.0 Å². The molecule has 3 aliphatic heterocycles. The van der Waals surface area contributed by atoms with E-state index in [2.05, 4.69) is 5.32 Å². The van der Waals surface area contributed by atoms with Gasteiger partial charge in [0.25, 0.3) is 11.7 Å². The summed E-state index contributed by atoms with van der Waals surface area (Å²) in [6.07, 6.45) is 5.13. The van der Waals surface area contributed by atoms with Crippen LogP contribution in [0, 0.1) is 29.6 Å². The Morgan fingerprint density at radius 1 is 0.753 bits per heavy atom. The third kappa shape index (κ3) is 18.6. The maximum atomic E-state index is 14.8. The molecule has 14 atom stereocenters. The molecule has 3 heterocycles. The van der Waals surface area contributed by atoms with Crippen molar-refractivity contribution in [2.45, 2.75) is 166 Å². The highest BCUT2D eigenvalue weighted by Gasteiger charge is 2.57. The second kappa shape index (κ2) is 33.5. The number of Topliss-reactive ketones (excluding diaryl/α,β-unsaturated/α-hetero) is 2. The van der Waals surface area contributed by atoms with Crippen LogP contribution in [0.15, 0.2) is 96.1 Å². The van der Waals surface area contributed by atoms with Crippen molar-refractivity contribution in [3.8, 4) is 23.0 Å². The Balaban J connectivity index is 1.14. The number of hydrogen-bond acceptors (Lipinski definition) is 20. The summed E-state index contributed by atoms with van der Waals surface area (Å²) in [5.41, 5.74) is 2.87. The molecule has 2 bridgehead atoms. The fourth-order valence-electron chi connectivity index (χ4n) is 13.1. The van der Waals surface area contributed by atoms with E-state index in [0.29, 0.717) is 61.6 Å². The lowest BCUT2D eigenvalue weighted by Gasteiger charge is -2.47. The molecule has 2 saturated heterocycles. The van der Waals surface area contributed by atoms with Gasteiger partial charge in [-0.25, -0.2) is 9.59 Å². The van der Waals surface area contributed by atoms with E-state index in [1.807, 2.05) is 19.9 Å². The number of phenols is 2. The first kappa shape index (κ1) is 72.8. The summed E-state index contributed by atoms with van der Waals surface area (Å²) >= 11 is 0. The topological polar surface area (TPSA) is 310 Å². The van der Waals surface area contributed by atoms with Crippen molar-refractivity contribution in [2.75, 3.05) is 54.0 Å². The minimum absolute atomic E-state index is 0.00642. The Bertz CT molecular complexity index is 3170. The number of nitrogens with zero attached hydrogens (tertiary/aromatic N) is 1. The third-order valence-corrected chi connectivity index (χ3v) is 18.5. The number of esters is 1. The summed E-state index contributed by atoms with van der Waals surface area (Å²) in [6.45, 7) is 8.54. The van der Waals surface area contributed by atoms with Gasteiger partial charge in [-0.05, 0) is 161 Å². The maximum Gasteiger partial charge on any atom is 0.411 e. The van der Waals surface area contributed by atoms with E-state index in [4.69, 9.17) is 37.9 Å². The molecule has 506 valence electrons. The lowest BCUT2D eigenvalue weighted by atomic mass is 9.81. The number of aliphatic hydroxyl groups is 3. The van der Waals surface area contributed by atoms with Gasteiger partial charge in [0.2, 0.25) is 5.79 Å². The van der Waals surface area contributed by atoms with Crippen LogP contribution in [0.1, 0.15) is 128 Å². The molecule has 2 unspecified atom stereocenters. The van der Waals surface area contributed by atoms with Crippen LogP contribution in [0.5, 0.6) is 23.0 Å². The molecule has 22 nitrogen and oxygen atoms in total. The van der Waals surface area contributed by atoms with E-state index >= 15 is 0 Å². The molecule has 3 aromatic rings. The van der Waals surface area contributed by atoms with Crippen LogP contribution >= 0.6 is 0 Å². The van der Waals surface area contributed by atoms with Gasteiger partial charge in [0, 0.05) is 57.7 Å². The number of amides is 2. The minimum Gasteiger partial charge on any atom is -0.504 e. The number of piperidine rings is 1. The number of benzene rings is 3. The van der Waals surface area contributed by atoms with Crippen LogP contribution in [-0.2, 0) is 57.2 Å². The van der Waals surface area contributed by atoms with Gasteiger partial charge in [0.15, 0.2) is 34.6 Å². The molecule has 3 aromatic carbocycles. The number of allylic oxidation sites excluding steroid dienone is 5. The lowest BCUT2D eigenvalue weighted by molar-refractivity contribution is -0.302. The van der Waals surface area contributed by atoms with Crippen LogP contribution in [0.3, 0.4) is 0 Å². The van der Waals surface area contributed by atoms with Crippen molar-refractivity contribution in [3.63, 3.8) is 0 Å². The second-order valence-corrected chi connectivity index (χ2v) is 25.2. The zero-order valence-electron chi connectivity index (χ0n) is 54.8. The van der Waals surface area contributed by atoms with Crippen molar-refractivity contribution >= 4 is 58.9 Å². The number of ether oxygens (including phenoxy) is 8. The SMILES string of the molecule is COc1cc(/C=C/C(=O)C(C(=O)/C=C/c2ccc(O)c(OC)c2)c2ccc(NC(=O)OCC[C@@H]3/C=C(\C)C[C@H](C)C[C@H](OC)[C@H]4O[C@@](O)(C(=O)C(=O)N5CCCC[C@H]5C(=O)OC(/C(C)=C/[C@@H]5CC[C@@H](O)[C@H](OC)C5)[C@H](C)C(O)CC3=O)[C@H](C)C[C@@H]4OC)cc2)ccc1O. The number of rotatable bonds is 18. The fraction of sp³-hybridized carbons (Fsp3) is 0.535. The Morgan fingerprint density at radius 3 is 1.95 bits per heavy atom. The van der Waals surface area contributed by atoms with Gasteiger partial charge in [0.1, 0.15) is 30.0 Å². The Morgan fingerprint density at radius 2 is 1.35 bits per heavy atom. The highest BCUT2D eigenvalue weighted by molar-refractivity contribution is 6.39. The summed E-state index contributed by atoms with van der Waals surface area (Å²) < 4.78 is 46.2. The van der Waals surface area contributed by atoms with Gasteiger partial charge >= 0.3 is 12.1 Å². The van der Waals surface area contributed by atoms with Crippen molar-refractivity contribution in [1.82, 2.24) is 4.90 Å². The molecular weight excluding hydrogens is 1200 g/mol. The first-order valence-electron chi connectivity index (χ1n) is 31.8. The number of cyclic esters (lactones) is 1. The van der Waals surface area contributed by atoms with Gasteiger partial charge in [0.05, 0.1) is 51.3 Å².